The van der Waals surface area contributed by atoms with E-state index in [1.54, 1.807) is 12.1 Å². The Hall–Kier alpha value is -3.19. The fourth-order valence-electron chi connectivity index (χ4n) is 2.56. The third-order valence-electron chi connectivity index (χ3n) is 3.96. The van der Waals surface area contributed by atoms with Gasteiger partial charge in [-0.15, -0.1) is 5.10 Å². The first-order chi connectivity index (χ1) is 12.6. The molecule has 2 heterocycles. The molecule has 0 aliphatic rings. The zero-order chi connectivity index (χ0) is 18.1. The van der Waals surface area contributed by atoms with Gasteiger partial charge < -0.3 is 14.2 Å². The van der Waals surface area contributed by atoms with Crippen molar-refractivity contribution in [2.75, 3.05) is 5.32 Å². The van der Waals surface area contributed by atoms with Crippen molar-refractivity contribution in [2.24, 2.45) is 0 Å². The van der Waals surface area contributed by atoms with Gasteiger partial charge in [-0.1, -0.05) is 35.9 Å². The summed E-state index contributed by atoms with van der Waals surface area (Å²) in [5.74, 6) is 0.139. The molecule has 0 bridgehead atoms. The summed E-state index contributed by atoms with van der Waals surface area (Å²) < 4.78 is 12.3. The molecule has 0 saturated heterocycles. The van der Waals surface area contributed by atoms with Crippen LogP contribution in [0.4, 0.5) is 5.69 Å². The van der Waals surface area contributed by atoms with Crippen LogP contribution >= 0.6 is 12.2 Å². The number of hydrogen-bond acceptors (Lipinski definition) is 6. The fraction of sp³-hybridized carbons (Fsp3) is 0.105. The molecule has 7 heteroatoms. The summed E-state index contributed by atoms with van der Waals surface area (Å²) in [6, 6.07) is 16.9. The maximum Gasteiger partial charge on any atom is 0.349 e. The Balaban J connectivity index is 1.64. The normalized spacial score (nSPS) is 11.0. The highest BCUT2D eigenvalue weighted by atomic mass is 32.1. The van der Waals surface area contributed by atoms with E-state index in [4.69, 9.17) is 21.1 Å². The average molecular weight is 365 g/mol. The number of para-hydroxylation sites is 1. The SMILES string of the molecule is Cc1ccc(NCn2nc(-c3cc4ccccc4oc3=O)oc2=S)cc1. The van der Waals surface area contributed by atoms with Crippen LogP contribution in [0.5, 0.6) is 0 Å². The number of nitrogens with zero attached hydrogens (tertiary/aromatic N) is 2. The van der Waals surface area contributed by atoms with Gasteiger partial charge in [-0.05, 0) is 43.4 Å². The molecule has 4 rings (SSSR count). The molecule has 0 spiro atoms. The first-order valence-corrected chi connectivity index (χ1v) is 8.43. The van der Waals surface area contributed by atoms with Crippen molar-refractivity contribution in [3.8, 4) is 11.5 Å². The molecule has 0 aliphatic heterocycles. The molecule has 0 saturated carbocycles. The second kappa shape index (κ2) is 6.61. The maximum absolute atomic E-state index is 12.2. The van der Waals surface area contributed by atoms with Gasteiger partial charge in [0.05, 0.1) is 0 Å². The predicted molar refractivity (Wildman–Crippen MR) is 102 cm³/mol. The molecule has 0 unspecified atom stereocenters. The van der Waals surface area contributed by atoms with Crippen LogP contribution < -0.4 is 10.9 Å². The van der Waals surface area contributed by atoms with Gasteiger partial charge in [-0.25, -0.2) is 9.48 Å². The van der Waals surface area contributed by atoms with Crippen molar-refractivity contribution in [1.29, 1.82) is 0 Å². The second-order valence-corrected chi connectivity index (χ2v) is 6.21. The van der Waals surface area contributed by atoms with Crippen LogP contribution in [0, 0.1) is 11.8 Å². The van der Waals surface area contributed by atoms with E-state index in [1.165, 1.54) is 10.2 Å². The third kappa shape index (κ3) is 3.16. The molecular weight excluding hydrogens is 350 g/mol. The summed E-state index contributed by atoms with van der Waals surface area (Å²) in [6.45, 7) is 2.35. The Morgan fingerprint density at radius 3 is 2.69 bits per heavy atom. The second-order valence-electron chi connectivity index (χ2n) is 5.86. The van der Waals surface area contributed by atoms with Gasteiger partial charge in [0, 0.05) is 11.1 Å². The van der Waals surface area contributed by atoms with E-state index in [0.29, 0.717) is 12.3 Å². The number of nitrogens with one attached hydrogen (secondary N) is 1. The highest BCUT2D eigenvalue weighted by molar-refractivity contribution is 7.71. The highest BCUT2D eigenvalue weighted by Gasteiger charge is 2.14. The van der Waals surface area contributed by atoms with Gasteiger partial charge in [0.15, 0.2) is 0 Å². The standard InChI is InChI=1S/C19H15N3O3S/c1-12-6-8-14(9-7-12)20-11-22-19(26)25-17(21-22)15-10-13-4-2-3-5-16(13)24-18(15)23/h2-10,20H,11H2,1H3. The molecule has 6 nitrogen and oxygen atoms in total. The lowest BCUT2D eigenvalue weighted by Gasteiger charge is -2.05. The van der Waals surface area contributed by atoms with Crippen LogP contribution in [-0.2, 0) is 6.67 Å². The molecule has 0 aliphatic carbocycles. The summed E-state index contributed by atoms with van der Waals surface area (Å²) in [5, 5.41) is 8.30. The molecule has 2 aromatic carbocycles. The average Bonchev–Trinajstić information content (AvgIpc) is 3.01. The lowest BCUT2D eigenvalue weighted by molar-refractivity contribution is 0.515. The fourth-order valence-corrected chi connectivity index (χ4v) is 2.75. The van der Waals surface area contributed by atoms with Gasteiger partial charge >= 0.3 is 5.63 Å². The van der Waals surface area contributed by atoms with Crippen molar-refractivity contribution < 1.29 is 8.83 Å². The number of aryl methyl sites for hydroxylation is 1. The van der Waals surface area contributed by atoms with Crippen molar-refractivity contribution in [3.63, 3.8) is 0 Å². The van der Waals surface area contributed by atoms with E-state index >= 15 is 0 Å². The van der Waals surface area contributed by atoms with E-state index in [0.717, 1.165) is 11.1 Å². The highest BCUT2D eigenvalue weighted by Crippen LogP contribution is 2.20. The Morgan fingerprint density at radius 2 is 1.88 bits per heavy atom. The van der Waals surface area contributed by atoms with Gasteiger partial charge in [0.2, 0.25) is 0 Å². The Labute approximate surface area is 153 Å². The molecule has 0 amide bonds. The summed E-state index contributed by atoms with van der Waals surface area (Å²) in [5.41, 5.74) is 2.36. The van der Waals surface area contributed by atoms with E-state index in [2.05, 4.69) is 10.4 Å². The van der Waals surface area contributed by atoms with Crippen molar-refractivity contribution in [2.45, 2.75) is 13.6 Å². The molecule has 4 aromatic rings. The van der Waals surface area contributed by atoms with E-state index in [1.807, 2.05) is 49.4 Å². The van der Waals surface area contributed by atoms with Gasteiger partial charge in [0.1, 0.15) is 17.8 Å². The molecule has 130 valence electrons. The van der Waals surface area contributed by atoms with Gasteiger partial charge in [-0.3, -0.25) is 0 Å². The van der Waals surface area contributed by atoms with Crippen molar-refractivity contribution in [3.05, 3.63) is 75.4 Å². The van der Waals surface area contributed by atoms with Crippen LogP contribution in [0.1, 0.15) is 5.56 Å². The van der Waals surface area contributed by atoms with Crippen LogP contribution in [0.25, 0.3) is 22.4 Å². The number of anilines is 1. The number of fused-ring (bicyclic) bond motifs is 1. The van der Waals surface area contributed by atoms with E-state index in [9.17, 15) is 4.79 Å². The molecule has 2 aromatic heterocycles. The minimum Gasteiger partial charge on any atom is -0.422 e. The monoisotopic (exact) mass is 365 g/mol. The first kappa shape index (κ1) is 16.3. The number of hydrogen-bond donors (Lipinski definition) is 1. The number of benzene rings is 2. The summed E-state index contributed by atoms with van der Waals surface area (Å²) in [7, 11) is 0. The van der Waals surface area contributed by atoms with Crippen LogP contribution in [0.3, 0.4) is 0 Å². The van der Waals surface area contributed by atoms with Gasteiger partial charge in [-0.2, -0.15) is 0 Å². The minimum absolute atomic E-state index is 0.139. The third-order valence-corrected chi connectivity index (χ3v) is 4.26. The Kier molecular flexibility index (Phi) is 4.14. The largest absolute Gasteiger partial charge is 0.422 e. The maximum atomic E-state index is 12.2. The molecule has 1 N–H and O–H groups in total. The summed E-state index contributed by atoms with van der Waals surface area (Å²) in [6.07, 6.45) is 0. The quantitative estimate of drug-likeness (QED) is 0.428. The predicted octanol–water partition coefficient (Wildman–Crippen LogP) is 4.36. The zero-order valence-corrected chi connectivity index (χ0v) is 14.7. The summed E-state index contributed by atoms with van der Waals surface area (Å²) in [4.78, 5) is 12.4. The van der Waals surface area contributed by atoms with E-state index < -0.39 is 5.63 Å². The lowest BCUT2D eigenvalue weighted by Crippen LogP contribution is -2.10. The van der Waals surface area contributed by atoms with Crippen molar-refractivity contribution >= 4 is 28.9 Å². The van der Waals surface area contributed by atoms with Gasteiger partial charge in [0.25, 0.3) is 10.7 Å². The minimum atomic E-state index is -0.515. The Bertz CT molecular complexity index is 1190. The Morgan fingerprint density at radius 1 is 1.12 bits per heavy atom. The molecule has 0 fully saturated rings. The molecule has 26 heavy (non-hydrogen) atoms. The van der Waals surface area contributed by atoms with Crippen molar-refractivity contribution in [1.82, 2.24) is 9.78 Å². The smallest absolute Gasteiger partial charge is 0.349 e. The molecule has 0 atom stereocenters. The lowest BCUT2D eigenvalue weighted by atomic mass is 10.2. The van der Waals surface area contributed by atoms with Crippen LogP contribution in [-0.4, -0.2) is 9.78 Å². The van der Waals surface area contributed by atoms with Crippen LogP contribution in [0.2, 0.25) is 0 Å². The topological polar surface area (TPSA) is 73.2 Å². The number of rotatable bonds is 4. The van der Waals surface area contributed by atoms with E-state index in [-0.39, 0.29) is 16.3 Å². The zero-order valence-electron chi connectivity index (χ0n) is 13.9. The number of aromatic nitrogens is 2. The first-order valence-electron chi connectivity index (χ1n) is 8.02. The summed E-state index contributed by atoms with van der Waals surface area (Å²) >= 11 is 5.21. The van der Waals surface area contributed by atoms with Crippen LogP contribution in [0.15, 0.2) is 68.2 Å². The molecular formula is C19H15N3O3S. The molecule has 0 radical (unpaired) electrons.